The summed E-state index contributed by atoms with van der Waals surface area (Å²) >= 11 is 0. The molecule has 1 aliphatic rings. The number of aryl methyl sites for hydroxylation is 1. The Labute approximate surface area is 171 Å². The second-order valence-electron chi connectivity index (χ2n) is 6.51. The number of benzene rings is 2. The molecule has 10 heteroatoms. The molecule has 1 heterocycles. The molecule has 0 aromatic heterocycles. The van der Waals surface area contributed by atoms with E-state index in [1.807, 2.05) is 0 Å². The topological polar surface area (TPSA) is 128 Å². The molecule has 0 radical (unpaired) electrons. The fraction of sp³-hybridized carbons (Fsp3) is 0.250. The van der Waals surface area contributed by atoms with Crippen molar-refractivity contribution in [1.82, 2.24) is 0 Å². The summed E-state index contributed by atoms with van der Waals surface area (Å²) in [5, 5.41) is 13.4. The number of para-hydroxylation sites is 2. The number of nitrogens with zero attached hydrogens (tertiary/aromatic N) is 2. The molecule has 0 saturated carbocycles. The van der Waals surface area contributed by atoms with Gasteiger partial charge in [-0.3, -0.25) is 29.4 Å². The number of nitro benzene ring substituents is 1. The fourth-order valence-electron chi connectivity index (χ4n) is 2.86. The van der Waals surface area contributed by atoms with E-state index in [9.17, 15) is 24.5 Å². The van der Waals surface area contributed by atoms with Gasteiger partial charge in [0, 0.05) is 12.1 Å². The van der Waals surface area contributed by atoms with Gasteiger partial charge in [-0.2, -0.15) is 0 Å². The molecular formula is C20H19N3O7. The Balaban J connectivity index is 1.60. The molecule has 0 bridgehead atoms. The van der Waals surface area contributed by atoms with E-state index in [2.05, 4.69) is 5.32 Å². The summed E-state index contributed by atoms with van der Waals surface area (Å²) in [5.74, 6) is -1.24. The first-order valence-corrected chi connectivity index (χ1v) is 9.08. The minimum absolute atomic E-state index is 0.106. The van der Waals surface area contributed by atoms with Gasteiger partial charge in [-0.25, -0.2) is 0 Å². The highest BCUT2D eigenvalue weighted by Gasteiger charge is 2.26. The lowest BCUT2D eigenvalue weighted by Crippen LogP contribution is -2.37. The zero-order valence-electron chi connectivity index (χ0n) is 16.1. The average molecular weight is 413 g/mol. The molecule has 10 nitrogen and oxygen atoms in total. The summed E-state index contributed by atoms with van der Waals surface area (Å²) < 4.78 is 10.5. The second-order valence-corrected chi connectivity index (χ2v) is 6.51. The van der Waals surface area contributed by atoms with Gasteiger partial charge in [0.15, 0.2) is 6.61 Å². The van der Waals surface area contributed by atoms with Crippen LogP contribution >= 0.6 is 0 Å². The third kappa shape index (κ3) is 4.90. The molecule has 0 atom stereocenters. The van der Waals surface area contributed by atoms with Crippen molar-refractivity contribution >= 4 is 34.8 Å². The van der Waals surface area contributed by atoms with Crippen LogP contribution in [0.15, 0.2) is 42.5 Å². The lowest BCUT2D eigenvalue weighted by atomic mass is 10.2. The molecule has 0 spiro atoms. The van der Waals surface area contributed by atoms with Crippen LogP contribution < -0.4 is 15.0 Å². The summed E-state index contributed by atoms with van der Waals surface area (Å²) in [5.41, 5.74) is 1.15. The molecule has 0 unspecified atom stereocenters. The molecule has 156 valence electrons. The molecule has 2 amide bonds. The summed E-state index contributed by atoms with van der Waals surface area (Å²) in [6.07, 6.45) is 0.106. The SMILES string of the molecule is Cc1ccc([N+](=O)[O-])cc1NC(=O)COC(=O)CN1C(=O)CCOc2ccccc21. The van der Waals surface area contributed by atoms with Crippen molar-refractivity contribution in [1.29, 1.82) is 0 Å². The Kier molecular flexibility index (Phi) is 6.26. The first-order valence-electron chi connectivity index (χ1n) is 9.08. The number of hydrogen-bond acceptors (Lipinski definition) is 7. The average Bonchev–Trinajstić information content (AvgIpc) is 2.87. The van der Waals surface area contributed by atoms with E-state index < -0.39 is 23.4 Å². The largest absolute Gasteiger partial charge is 0.491 e. The number of nitrogens with one attached hydrogen (secondary N) is 1. The first kappa shape index (κ1) is 20.8. The number of rotatable bonds is 6. The lowest BCUT2D eigenvalue weighted by Gasteiger charge is -2.20. The van der Waals surface area contributed by atoms with Crippen LogP contribution in [0.3, 0.4) is 0 Å². The van der Waals surface area contributed by atoms with Crippen LogP contribution in [0.1, 0.15) is 12.0 Å². The number of esters is 1. The Bertz CT molecular complexity index is 1010. The summed E-state index contributed by atoms with van der Waals surface area (Å²) in [4.78, 5) is 48.2. The van der Waals surface area contributed by atoms with Crippen LogP contribution in [0.25, 0.3) is 0 Å². The highest BCUT2D eigenvalue weighted by atomic mass is 16.6. The fourth-order valence-corrected chi connectivity index (χ4v) is 2.86. The van der Waals surface area contributed by atoms with Crippen molar-refractivity contribution in [3.8, 4) is 5.75 Å². The van der Waals surface area contributed by atoms with Crippen molar-refractivity contribution in [3.63, 3.8) is 0 Å². The van der Waals surface area contributed by atoms with Crippen LogP contribution in [0.4, 0.5) is 17.1 Å². The van der Waals surface area contributed by atoms with Gasteiger partial charge in [0.25, 0.3) is 11.6 Å². The van der Waals surface area contributed by atoms with E-state index in [-0.39, 0.29) is 36.9 Å². The number of ether oxygens (including phenoxy) is 2. The zero-order chi connectivity index (χ0) is 21.7. The van der Waals surface area contributed by atoms with Gasteiger partial charge < -0.3 is 14.8 Å². The number of non-ortho nitro benzene ring substituents is 1. The van der Waals surface area contributed by atoms with E-state index in [1.54, 1.807) is 31.2 Å². The first-order chi connectivity index (χ1) is 14.3. The van der Waals surface area contributed by atoms with Gasteiger partial charge in [0.1, 0.15) is 12.3 Å². The molecule has 2 aromatic rings. The van der Waals surface area contributed by atoms with Crippen LogP contribution in [-0.4, -0.2) is 42.5 Å². The molecule has 0 aliphatic carbocycles. The van der Waals surface area contributed by atoms with Gasteiger partial charge in [0.2, 0.25) is 5.91 Å². The number of fused-ring (bicyclic) bond motifs is 1. The van der Waals surface area contributed by atoms with Gasteiger partial charge in [-0.1, -0.05) is 18.2 Å². The maximum absolute atomic E-state index is 12.3. The molecule has 30 heavy (non-hydrogen) atoms. The van der Waals surface area contributed by atoms with Crippen molar-refractivity contribution in [2.24, 2.45) is 0 Å². The third-order valence-corrected chi connectivity index (χ3v) is 4.39. The zero-order valence-corrected chi connectivity index (χ0v) is 16.1. The minimum atomic E-state index is -0.772. The van der Waals surface area contributed by atoms with Gasteiger partial charge >= 0.3 is 5.97 Å². The summed E-state index contributed by atoms with van der Waals surface area (Å²) in [6.45, 7) is 0.908. The Morgan fingerprint density at radius 2 is 2.03 bits per heavy atom. The molecule has 0 fully saturated rings. The normalized spacial score (nSPS) is 13.0. The van der Waals surface area contributed by atoms with Gasteiger partial charge in [0.05, 0.1) is 29.3 Å². The highest BCUT2D eigenvalue weighted by Crippen LogP contribution is 2.30. The standard InChI is InChI=1S/C20H19N3O7/c1-13-6-7-14(23(27)28)10-15(13)21-18(24)12-30-20(26)11-22-16-4-2-3-5-17(16)29-9-8-19(22)25/h2-7,10H,8-9,11-12H2,1H3,(H,21,24). The number of carbonyl (C=O) groups excluding carboxylic acids is 3. The van der Waals surface area contributed by atoms with Crippen molar-refractivity contribution in [2.75, 3.05) is 30.0 Å². The second kappa shape index (κ2) is 9.03. The predicted molar refractivity (Wildman–Crippen MR) is 106 cm³/mol. The Morgan fingerprint density at radius 3 is 2.80 bits per heavy atom. The monoisotopic (exact) mass is 413 g/mol. The lowest BCUT2D eigenvalue weighted by molar-refractivity contribution is -0.384. The molecular weight excluding hydrogens is 394 g/mol. The van der Waals surface area contributed by atoms with E-state index in [1.165, 1.54) is 23.1 Å². The van der Waals surface area contributed by atoms with E-state index in [4.69, 9.17) is 9.47 Å². The maximum Gasteiger partial charge on any atom is 0.326 e. The minimum Gasteiger partial charge on any atom is -0.491 e. The molecule has 1 aliphatic heterocycles. The van der Waals surface area contributed by atoms with E-state index in [0.717, 1.165) is 0 Å². The quantitative estimate of drug-likeness (QED) is 0.437. The van der Waals surface area contributed by atoms with Crippen molar-refractivity contribution in [3.05, 3.63) is 58.1 Å². The molecule has 3 rings (SSSR count). The maximum atomic E-state index is 12.3. The van der Waals surface area contributed by atoms with Crippen molar-refractivity contribution < 1.29 is 28.8 Å². The van der Waals surface area contributed by atoms with Gasteiger partial charge in [-0.15, -0.1) is 0 Å². The van der Waals surface area contributed by atoms with E-state index >= 15 is 0 Å². The molecule has 1 N–H and O–H groups in total. The Hall–Kier alpha value is -3.95. The summed E-state index contributed by atoms with van der Waals surface area (Å²) in [7, 11) is 0. The number of anilines is 2. The Morgan fingerprint density at radius 1 is 1.27 bits per heavy atom. The van der Waals surface area contributed by atoms with Crippen LogP contribution in [0.5, 0.6) is 5.75 Å². The number of amides is 2. The predicted octanol–water partition coefficient (Wildman–Crippen LogP) is 2.20. The number of nitro groups is 1. The third-order valence-electron chi connectivity index (χ3n) is 4.39. The van der Waals surface area contributed by atoms with Gasteiger partial charge in [-0.05, 0) is 24.6 Å². The van der Waals surface area contributed by atoms with Crippen LogP contribution in [-0.2, 0) is 19.1 Å². The van der Waals surface area contributed by atoms with Crippen molar-refractivity contribution in [2.45, 2.75) is 13.3 Å². The smallest absolute Gasteiger partial charge is 0.326 e. The highest BCUT2D eigenvalue weighted by molar-refractivity contribution is 6.00. The van der Waals surface area contributed by atoms with Crippen LogP contribution in [0.2, 0.25) is 0 Å². The van der Waals surface area contributed by atoms with E-state index in [0.29, 0.717) is 17.0 Å². The van der Waals surface area contributed by atoms with Crippen LogP contribution in [0, 0.1) is 17.0 Å². The summed E-state index contributed by atoms with van der Waals surface area (Å²) in [6, 6.07) is 10.9. The molecule has 2 aromatic carbocycles. The molecule has 0 saturated heterocycles. The number of carbonyl (C=O) groups is 3. The number of hydrogen-bond donors (Lipinski definition) is 1.